The summed E-state index contributed by atoms with van der Waals surface area (Å²) in [4.78, 5) is 12.9. The number of carbonyl (C=O) groups excluding carboxylic acids is 1. The van der Waals surface area contributed by atoms with E-state index in [-0.39, 0.29) is 6.03 Å². The first kappa shape index (κ1) is 17.0. The topological polar surface area (TPSA) is 41.1 Å². The first-order valence-electron chi connectivity index (χ1n) is 6.74. The van der Waals surface area contributed by atoms with Crippen molar-refractivity contribution in [2.24, 2.45) is 0 Å². The summed E-state index contributed by atoms with van der Waals surface area (Å²) in [7, 11) is 0. The molecule has 0 radical (unpaired) electrons. The molecule has 2 aromatic carbocycles. The van der Waals surface area contributed by atoms with E-state index in [9.17, 15) is 4.79 Å². The van der Waals surface area contributed by atoms with Crippen molar-refractivity contribution >= 4 is 46.7 Å². The zero-order valence-electron chi connectivity index (χ0n) is 12.0. The molecule has 0 unspecified atom stereocenters. The molecule has 2 rings (SSSR count). The smallest absolute Gasteiger partial charge is 0.319 e. The van der Waals surface area contributed by atoms with Gasteiger partial charge in [-0.1, -0.05) is 40.9 Å². The standard InChI is InChI=1S/C16H16Cl2N2OS/c1-11-2-5-13(6-3-11)22-9-8-19-16(21)20-12-4-7-14(17)15(18)10-12/h2-7,10H,8-9H2,1H3,(H2,19,20,21). The Bertz CT molecular complexity index is 647. The Morgan fingerprint density at radius 1 is 1.09 bits per heavy atom. The molecule has 0 aliphatic carbocycles. The van der Waals surface area contributed by atoms with Crippen LogP contribution in [0.3, 0.4) is 0 Å². The van der Waals surface area contributed by atoms with Gasteiger partial charge in [0.05, 0.1) is 10.0 Å². The van der Waals surface area contributed by atoms with Crippen molar-refractivity contribution in [1.29, 1.82) is 0 Å². The van der Waals surface area contributed by atoms with Gasteiger partial charge in [0.2, 0.25) is 0 Å². The maximum atomic E-state index is 11.8. The number of hydrogen-bond acceptors (Lipinski definition) is 2. The van der Waals surface area contributed by atoms with Crippen LogP contribution in [-0.4, -0.2) is 18.3 Å². The lowest BCUT2D eigenvalue weighted by Crippen LogP contribution is -2.30. The molecule has 0 bridgehead atoms. The number of halogens is 2. The van der Waals surface area contributed by atoms with E-state index in [2.05, 4.69) is 41.8 Å². The van der Waals surface area contributed by atoms with E-state index in [1.807, 2.05) is 0 Å². The predicted octanol–water partition coefficient (Wildman–Crippen LogP) is 5.22. The Hall–Kier alpha value is -1.36. The SMILES string of the molecule is Cc1ccc(SCCNC(=O)Nc2ccc(Cl)c(Cl)c2)cc1. The first-order valence-corrected chi connectivity index (χ1v) is 8.48. The number of urea groups is 1. The molecule has 2 amide bonds. The lowest BCUT2D eigenvalue weighted by Gasteiger charge is -2.08. The Morgan fingerprint density at radius 2 is 1.82 bits per heavy atom. The van der Waals surface area contributed by atoms with Crippen LogP contribution in [0.15, 0.2) is 47.4 Å². The normalized spacial score (nSPS) is 10.3. The van der Waals surface area contributed by atoms with Crippen molar-refractivity contribution in [3.05, 3.63) is 58.1 Å². The molecule has 116 valence electrons. The Balaban J connectivity index is 1.71. The number of aryl methyl sites for hydroxylation is 1. The summed E-state index contributed by atoms with van der Waals surface area (Å²) < 4.78 is 0. The third kappa shape index (κ3) is 5.44. The van der Waals surface area contributed by atoms with Crippen molar-refractivity contribution in [1.82, 2.24) is 5.32 Å². The minimum absolute atomic E-state index is 0.261. The van der Waals surface area contributed by atoms with Gasteiger partial charge in [-0.2, -0.15) is 0 Å². The molecule has 0 aliphatic rings. The van der Waals surface area contributed by atoms with Gasteiger partial charge in [-0.3, -0.25) is 0 Å². The molecule has 0 spiro atoms. The monoisotopic (exact) mass is 354 g/mol. The van der Waals surface area contributed by atoms with Crippen LogP contribution in [0, 0.1) is 6.92 Å². The Labute approximate surface area is 144 Å². The zero-order valence-corrected chi connectivity index (χ0v) is 14.4. The lowest BCUT2D eigenvalue weighted by atomic mass is 10.2. The summed E-state index contributed by atoms with van der Waals surface area (Å²) in [6, 6.07) is 13.0. The van der Waals surface area contributed by atoms with Gasteiger partial charge in [0, 0.05) is 22.9 Å². The lowest BCUT2D eigenvalue weighted by molar-refractivity contribution is 0.252. The molecule has 6 heteroatoms. The molecule has 3 nitrogen and oxygen atoms in total. The molecule has 0 aliphatic heterocycles. The van der Waals surface area contributed by atoms with E-state index in [0.29, 0.717) is 22.3 Å². The third-order valence-corrected chi connectivity index (χ3v) is 4.61. The maximum absolute atomic E-state index is 11.8. The molecular weight excluding hydrogens is 339 g/mol. The minimum atomic E-state index is -0.261. The van der Waals surface area contributed by atoms with Crippen molar-refractivity contribution in [3.8, 4) is 0 Å². The highest BCUT2D eigenvalue weighted by Gasteiger charge is 2.04. The van der Waals surface area contributed by atoms with Crippen molar-refractivity contribution in [3.63, 3.8) is 0 Å². The number of nitrogens with one attached hydrogen (secondary N) is 2. The van der Waals surface area contributed by atoms with E-state index < -0.39 is 0 Å². The van der Waals surface area contributed by atoms with Crippen LogP contribution in [0.2, 0.25) is 10.0 Å². The van der Waals surface area contributed by atoms with Crippen LogP contribution >= 0.6 is 35.0 Å². The highest BCUT2D eigenvalue weighted by atomic mass is 35.5. The van der Waals surface area contributed by atoms with Crippen LogP contribution in [-0.2, 0) is 0 Å². The zero-order chi connectivity index (χ0) is 15.9. The first-order chi connectivity index (χ1) is 10.5. The molecule has 22 heavy (non-hydrogen) atoms. The van der Waals surface area contributed by atoms with Gasteiger partial charge < -0.3 is 10.6 Å². The fourth-order valence-corrected chi connectivity index (χ4v) is 2.78. The van der Waals surface area contributed by atoms with Gasteiger partial charge in [-0.25, -0.2) is 4.79 Å². The second kappa shape index (κ2) is 8.32. The molecule has 0 aromatic heterocycles. The summed E-state index contributed by atoms with van der Waals surface area (Å²) in [6.45, 7) is 2.63. The number of hydrogen-bond donors (Lipinski definition) is 2. The summed E-state index contributed by atoms with van der Waals surface area (Å²) in [6.07, 6.45) is 0. The number of amides is 2. The van der Waals surface area contributed by atoms with E-state index >= 15 is 0 Å². The fourth-order valence-electron chi connectivity index (χ4n) is 1.72. The molecule has 0 atom stereocenters. The van der Waals surface area contributed by atoms with E-state index in [0.717, 1.165) is 5.75 Å². The van der Waals surface area contributed by atoms with E-state index in [4.69, 9.17) is 23.2 Å². The molecule has 0 saturated heterocycles. The molecule has 2 N–H and O–H groups in total. The van der Waals surface area contributed by atoms with Crippen molar-refractivity contribution < 1.29 is 4.79 Å². The highest BCUT2D eigenvalue weighted by molar-refractivity contribution is 7.99. The average molecular weight is 355 g/mol. The molecular formula is C16H16Cl2N2OS. The Kier molecular flexibility index (Phi) is 6.43. The number of thioether (sulfide) groups is 1. The number of rotatable bonds is 5. The molecule has 0 saturated carbocycles. The number of anilines is 1. The Morgan fingerprint density at radius 3 is 2.50 bits per heavy atom. The maximum Gasteiger partial charge on any atom is 0.319 e. The van der Waals surface area contributed by atoms with Gasteiger partial charge in [-0.15, -0.1) is 11.8 Å². The van der Waals surface area contributed by atoms with Crippen LogP contribution in [0.4, 0.5) is 10.5 Å². The van der Waals surface area contributed by atoms with Gasteiger partial charge in [-0.05, 0) is 37.3 Å². The average Bonchev–Trinajstić information content (AvgIpc) is 2.49. The van der Waals surface area contributed by atoms with Crippen molar-refractivity contribution in [2.45, 2.75) is 11.8 Å². The number of benzene rings is 2. The van der Waals surface area contributed by atoms with Crippen LogP contribution in [0.1, 0.15) is 5.56 Å². The summed E-state index contributed by atoms with van der Waals surface area (Å²) >= 11 is 13.4. The van der Waals surface area contributed by atoms with Crippen molar-refractivity contribution in [2.75, 3.05) is 17.6 Å². The van der Waals surface area contributed by atoms with Gasteiger partial charge in [0.25, 0.3) is 0 Å². The summed E-state index contributed by atoms with van der Waals surface area (Å²) in [5.41, 5.74) is 1.85. The van der Waals surface area contributed by atoms with E-state index in [1.165, 1.54) is 10.5 Å². The van der Waals surface area contributed by atoms with Crippen LogP contribution < -0.4 is 10.6 Å². The largest absolute Gasteiger partial charge is 0.337 e. The second-order valence-electron chi connectivity index (χ2n) is 4.67. The fraction of sp³-hybridized carbons (Fsp3) is 0.188. The quantitative estimate of drug-likeness (QED) is 0.571. The highest BCUT2D eigenvalue weighted by Crippen LogP contribution is 2.24. The summed E-state index contributed by atoms with van der Waals surface area (Å²) in [5.74, 6) is 0.803. The molecule has 2 aromatic rings. The minimum Gasteiger partial charge on any atom is -0.337 e. The van der Waals surface area contributed by atoms with Gasteiger partial charge >= 0.3 is 6.03 Å². The van der Waals surface area contributed by atoms with E-state index in [1.54, 1.807) is 30.0 Å². The summed E-state index contributed by atoms with van der Waals surface area (Å²) in [5, 5.41) is 6.39. The molecule has 0 heterocycles. The molecule has 0 fully saturated rings. The van der Waals surface area contributed by atoms with Gasteiger partial charge in [0.15, 0.2) is 0 Å². The third-order valence-electron chi connectivity index (χ3n) is 2.85. The second-order valence-corrected chi connectivity index (χ2v) is 6.65. The van der Waals surface area contributed by atoms with Gasteiger partial charge in [0.1, 0.15) is 0 Å². The van der Waals surface area contributed by atoms with Crippen LogP contribution in [0.5, 0.6) is 0 Å². The predicted molar refractivity (Wildman–Crippen MR) is 95.4 cm³/mol. The number of carbonyl (C=O) groups is 1. The van der Waals surface area contributed by atoms with Crippen LogP contribution in [0.25, 0.3) is 0 Å².